The Kier molecular flexibility index (Phi) is 6.60. The van der Waals surface area contributed by atoms with Crippen molar-refractivity contribution in [2.75, 3.05) is 0 Å². The SMILES string of the molecule is Cc1c(C(=O)NC(C)C(C)(C)C)sc2c1CN(C1=NOC(c3cc(Cl)cc(Cl)c3)(C(F)(F)F)C1)C2. The monoisotopic (exact) mass is 547 g/mol. The van der Waals surface area contributed by atoms with Crippen molar-refractivity contribution in [3.63, 3.8) is 0 Å². The maximum absolute atomic E-state index is 14.3. The van der Waals surface area contributed by atoms with Gasteiger partial charge in [-0.05, 0) is 48.6 Å². The molecule has 2 aliphatic rings. The molecule has 1 aromatic heterocycles. The molecule has 2 aromatic rings. The highest BCUT2D eigenvalue weighted by Gasteiger charge is 2.63. The third-order valence-corrected chi connectivity index (χ3v) is 8.51. The van der Waals surface area contributed by atoms with E-state index in [0.29, 0.717) is 18.0 Å². The van der Waals surface area contributed by atoms with Gasteiger partial charge in [0.25, 0.3) is 11.5 Å². The van der Waals surface area contributed by atoms with E-state index >= 15 is 0 Å². The topological polar surface area (TPSA) is 53.9 Å². The number of hydrogen-bond donors (Lipinski definition) is 1. The number of carbonyl (C=O) groups excluding carboxylic acids is 1. The van der Waals surface area contributed by atoms with Crippen LogP contribution in [0.5, 0.6) is 0 Å². The molecule has 3 heterocycles. The van der Waals surface area contributed by atoms with Gasteiger partial charge in [0, 0.05) is 33.1 Å². The van der Waals surface area contributed by atoms with E-state index in [1.165, 1.54) is 29.5 Å². The summed E-state index contributed by atoms with van der Waals surface area (Å²) in [6.45, 7) is 10.7. The van der Waals surface area contributed by atoms with Crippen LogP contribution in [-0.2, 0) is 23.5 Å². The molecule has 1 aromatic carbocycles. The molecule has 0 spiro atoms. The second-order valence-corrected chi connectivity index (χ2v) is 12.1. The van der Waals surface area contributed by atoms with Gasteiger partial charge in [0.15, 0.2) is 0 Å². The first-order valence-electron chi connectivity index (χ1n) is 11.1. The van der Waals surface area contributed by atoms with Crippen molar-refractivity contribution in [2.24, 2.45) is 10.6 Å². The Labute approximate surface area is 216 Å². The molecule has 0 radical (unpaired) electrons. The van der Waals surface area contributed by atoms with E-state index in [1.54, 1.807) is 4.90 Å². The quantitative estimate of drug-likeness (QED) is 0.448. The molecule has 2 unspecified atom stereocenters. The fourth-order valence-electron chi connectivity index (χ4n) is 4.08. The Morgan fingerprint density at radius 2 is 1.83 bits per heavy atom. The van der Waals surface area contributed by atoms with Gasteiger partial charge in [-0.3, -0.25) is 4.79 Å². The van der Waals surface area contributed by atoms with Crippen LogP contribution in [0.25, 0.3) is 0 Å². The second kappa shape index (κ2) is 8.85. The van der Waals surface area contributed by atoms with Crippen molar-refractivity contribution in [3.05, 3.63) is 54.7 Å². The molecule has 35 heavy (non-hydrogen) atoms. The van der Waals surface area contributed by atoms with E-state index < -0.39 is 18.2 Å². The summed E-state index contributed by atoms with van der Waals surface area (Å²) in [5, 5.41) is 7.07. The first-order valence-corrected chi connectivity index (χ1v) is 12.6. The molecular formula is C24H26Cl2F3N3O2S. The molecule has 4 rings (SSSR count). The van der Waals surface area contributed by atoms with Gasteiger partial charge in [0.05, 0.1) is 17.8 Å². The third kappa shape index (κ3) is 4.74. The molecule has 0 saturated carbocycles. The minimum Gasteiger partial charge on any atom is -0.372 e. The highest BCUT2D eigenvalue weighted by atomic mass is 35.5. The second-order valence-electron chi connectivity index (χ2n) is 10.1. The lowest BCUT2D eigenvalue weighted by atomic mass is 9.88. The highest BCUT2D eigenvalue weighted by molar-refractivity contribution is 7.14. The van der Waals surface area contributed by atoms with E-state index in [2.05, 4.69) is 31.2 Å². The van der Waals surface area contributed by atoms with Crippen molar-refractivity contribution in [3.8, 4) is 0 Å². The average Bonchev–Trinajstić information content (AvgIpc) is 3.40. The first kappa shape index (κ1) is 26.1. The van der Waals surface area contributed by atoms with Gasteiger partial charge < -0.3 is 15.1 Å². The van der Waals surface area contributed by atoms with Crippen LogP contribution < -0.4 is 5.32 Å². The summed E-state index contributed by atoms with van der Waals surface area (Å²) < 4.78 is 42.8. The molecule has 2 aliphatic heterocycles. The van der Waals surface area contributed by atoms with Gasteiger partial charge in [0.1, 0.15) is 5.84 Å². The van der Waals surface area contributed by atoms with Crippen molar-refractivity contribution in [2.45, 2.75) is 71.9 Å². The minimum atomic E-state index is -4.75. The smallest absolute Gasteiger partial charge is 0.372 e. The Hall–Kier alpha value is -1.97. The summed E-state index contributed by atoms with van der Waals surface area (Å²) in [5.74, 6) is 0.0555. The summed E-state index contributed by atoms with van der Waals surface area (Å²) in [4.78, 5) is 21.3. The Bertz CT molecular complexity index is 1190. The Morgan fingerprint density at radius 1 is 1.20 bits per heavy atom. The average molecular weight is 548 g/mol. The molecule has 5 nitrogen and oxygen atoms in total. The van der Waals surface area contributed by atoms with Crippen LogP contribution in [0.1, 0.15) is 65.4 Å². The van der Waals surface area contributed by atoms with Crippen LogP contribution in [0.3, 0.4) is 0 Å². The fraction of sp³-hybridized carbons (Fsp3) is 0.500. The van der Waals surface area contributed by atoms with Crippen LogP contribution in [0.2, 0.25) is 10.0 Å². The number of carbonyl (C=O) groups is 1. The number of amides is 1. The molecule has 0 fully saturated rings. The third-order valence-electron chi connectivity index (χ3n) is 6.76. The van der Waals surface area contributed by atoms with Crippen LogP contribution >= 0.6 is 34.5 Å². The first-order chi connectivity index (χ1) is 16.1. The van der Waals surface area contributed by atoms with Crippen molar-refractivity contribution in [1.29, 1.82) is 0 Å². The van der Waals surface area contributed by atoms with Crippen molar-refractivity contribution >= 4 is 46.3 Å². The lowest BCUT2D eigenvalue weighted by molar-refractivity contribution is -0.275. The molecule has 1 amide bonds. The van der Waals surface area contributed by atoms with Crippen LogP contribution in [-0.4, -0.2) is 28.9 Å². The number of benzene rings is 1. The molecule has 190 valence electrons. The lowest BCUT2D eigenvalue weighted by Crippen LogP contribution is -2.43. The zero-order chi connectivity index (χ0) is 25.9. The van der Waals surface area contributed by atoms with Crippen LogP contribution in [0, 0.1) is 12.3 Å². The zero-order valence-electron chi connectivity index (χ0n) is 19.9. The van der Waals surface area contributed by atoms with Gasteiger partial charge in [-0.15, -0.1) is 11.3 Å². The maximum atomic E-state index is 14.3. The largest absolute Gasteiger partial charge is 0.435 e. The number of thiophene rings is 1. The number of rotatable bonds is 3. The number of nitrogens with zero attached hydrogens (tertiary/aromatic N) is 2. The van der Waals surface area contributed by atoms with Gasteiger partial charge >= 0.3 is 6.18 Å². The normalized spacial score (nSPS) is 21.0. The van der Waals surface area contributed by atoms with Crippen molar-refractivity contribution < 1.29 is 22.8 Å². The molecule has 11 heteroatoms. The molecule has 0 bridgehead atoms. The number of hydrogen-bond acceptors (Lipinski definition) is 5. The predicted octanol–water partition coefficient (Wildman–Crippen LogP) is 7.03. The Morgan fingerprint density at radius 3 is 2.37 bits per heavy atom. The predicted molar refractivity (Wildman–Crippen MR) is 132 cm³/mol. The minimum absolute atomic E-state index is 0.0247. The number of fused-ring (bicyclic) bond motifs is 1. The molecule has 0 saturated heterocycles. The van der Waals surface area contributed by atoms with Gasteiger partial charge in [-0.2, -0.15) is 13.2 Å². The van der Waals surface area contributed by atoms with Gasteiger partial charge in [-0.1, -0.05) is 49.1 Å². The lowest BCUT2D eigenvalue weighted by Gasteiger charge is -2.30. The molecule has 2 atom stereocenters. The molecule has 0 aliphatic carbocycles. The van der Waals surface area contributed by atoms with Gasteiger partial charge in [0.2, 0.25) is 0 Å². The van der Waals surface area contributed by atoms with E-state index in [-0.39, 0.29) is 38.8 Å². The van der Waals surface area contributed by atoms with Crippen LogP contribution in [0.4, 0.5) is 13.2 Å². The van der Waals surface area contributed by atoms with Gasteiger partial charge in [-0.25, -0.2) is 0 Å². The number of alkyl halides is 3. The summed E-state index contributed by atoms with van der Waals surface area (Å²) in [5.41, 5.74) is -1.16. The summed E-state index contributed by atoms with van der Waals surface area (Å²) >= 11 is 13.3. The summed E-state index contributed by atoms with van der Waals surface area (Å²) in [7, 11) is 0. The highest BCUT2D eigenvalue weighted by Crippen LogP contribution is 2.50. The fourth-order valence-corrected chi connectivity index (χ4v) is 5.85. The van der Waals surface area contributed by atoms with Crippen molar-refractivity contribution in [1.82, 2.24) is 10.2 Å². The molecule has 1 N–H and O–H groups in total. The van der Waals surface area contributed by atoms with Crippen LogP contribution in [0.15, 0.2) is 23.4 Å². The summed E-state index contributed by atoms with van der Waals surface area (Å²) in [6.07, 6.45) is -5.25. The molecular weight excluding hydrogens is 522 g/mol. The van der Waals surface area contributed by atoms with E-state index in [4.69, 9.17) is 28.0 Å². The van der Waals surface area contributed by atoms with E-state index in [1.807, 2.05) is 13.8 Å². The zero-order valence-corrected chi connectivity index (χ0v) is 22.3. The Balaban J connectivity index is 1.53. The summed E-state index contributed by atoms with van der Waals surface area (Å²) in [6, 6.07) is 3.75. The number of amidine groups is 1. The standard InChI is InChI=1S/C24H26Cl2F3N3O2S/c1-12-17-10-32(11-18(17)35-20(12)21(33)30-13(2)22(3,4)5)19-9-23(34-31-19,24(27,28)29)14-6-15(25)8-16(26)7-14/h6-8,13H,9-11H2,1-5H3,(H,30,33). The number of oxime groups is 1. The maximum Gasteiger partial charge on any atom is 0.435 e. The van der Waals surface area contributed by atoms with E-state index in [0.717, 1.165) is 16.0 Å². The number of nitrogens with one attached hydrogen (secondary N) is 1. The number of halogens is 5. The van der Waals surface area contributed by atoms with E-state index in [9.17, 15) is 18.0 Å².